The average Bonchev–Trinajstić information content (AvgIpc) is 2.18. The van der Waals surface area contributed by atoms with E-state index in [0.717, 1.165) is 6.92 Å². The Labute approximate surface area is 94.8 Å². The molecule has 0 bridgehead atoms. The highest BCUT2D eigenvalue weighted by atomic mass is 31.2. The van der Waals surface area contributed by atoms with Crippen LogP contribution in [0.1, 0.15) is 6.92 Å². The first-order valence-corrected chi connectivity index (χ1v) is 6.24. The number of ether oxygens (including phenoxy) is 1. The lowest BCUT2D eigenvalue weighted by molar-refractivity contribution is -0.256. The first kappa shape index (κ1) is 14.9. The molecule has 0 aromatic carbocycles. The molecule has 1 rings (SSSR count). The normalized spacial score (nSPS) is 40.4. The van der Waals surface area contributed by atoms with Gasteiger partial charge in [0.2, 0.25) is 0 Å². The van der Waals surface area contributed by atoms with E-state index in [-0.39, 0.29) is 0 Å². The van der Waals surface area contributed by atoms with E-state index in [1.165, 1.54) is 0 Å². The van der Waals surface area contributed by atoms with Crippen molar-refractivity contribution < 1.29 is 43.2 Å². The van der Waals surface area contributed by atoms with E-state index in [0.29, 0.717) is 0 Å². The number of rotatable bonds is 2. The van der Waals surface area contributed by atoms with Gasteiger partial charge in [0.1, 0.15) is 18.3 Å². The number of halogens is 2. The molecule has 0 radical (unpaired) electrons. The predicted octanol–water partition coefficient (Wildman–Crippen LogP) is -1.37. The van der Waals surface area contributed by atoms with Gasteiger partial charge < -0.3 is 29.8 Å². The lowest BCUT2D eigenvalue weighted by Gasteiger charge is -2.41. The predicted molar refractivity (Wildman–Crippen MR) is 49.3 cm³/mol. The van der Waals surface area contributed by atoms with Crippen LogP contribution < -0.4 is 0 Å². The molecule has 0 unspecified atom stereocenters. The van der Waals surface area contributed by atoms with Crippen molar-refractivity contribution in [3.8, 4) is 0 Å². The minimum atomic E-state index is -5.86. The van der Waals surface area contributed by atoms with Crippen LogP contribution in [-0.4, -0.2) is 61.3 Å². The third-order valence-corrected chi connectivity index (χ3v) is 3.61. The van der Waals surface area contributed by atoms with Gasteiger partial charge in [0.05, 0.1) is 6.10 Å². The van der Waals surface area contributed by atoms with Gasteiger partial charge in [-0.15, -0.1) is 0 Å². The summed E-state index contributed by atoms with van der Waals surface area (Å²) in [5.74, 6) is 0. The molecule has 17 heavy (non-hydrogen) atoms. The van der Waals surface area contributed by atoms with Gasteiger partial charge >= 0.3 is 13.3 Å². The standard InChI is InChI=1S/C7H13F2O7P/c1-2-3(10)4(11)5(12)6(16-2)7(8,9)17(13,14)15/h2-6,10-12H,1H3,(H2,13,14,15)/t2-,3-,4+,5+,6-/m0/s1. The number of aliphatic hydroxyl groups excluding tert-OH is 3. The molecule has 10 heteroatoms. The highest BCUT2D eigenvalue weighted by Crippen LogP contribution is 2.57. The van der Waals surface area contributed by atoms with Gasteiger partial charge in [-0.25, -0.2) is 0 Å². The maximum atomic E-state index is 13.3. The highest BCUT2D eigenvalue weighted by molar-refractivity contribution is 7.53. The van der Waals surface area contributed by atoms with Crippen LogP contribution in [0, 0.1) is 0 Å². The molecule has 7 nitrogen and oxygen atoms in total. The van der Waals surface area contributed by atoms with Gasteiger partial charge in [0.15, 0.2) is 6.10 Å². The van der Waals surface area contributed by atoms with Crippen molar-refractivity contribution in [1.29, 1.82) is 0 Å². The summed E-state index contributed by atoms with van der Waals surface area (Å²) in [6, 6.07) is 0. The second-order valence-corrected chi connectivity index (χ2v) is 5.55. The Bertz CT molecular complexity index is 332. The zero-order valence-corrected chi connectivity index (χ0v) is 9.54. The first-order chi connectivity index (χ1) is 7.50. The molecule has 0 amide bonds. The molecular weight excluding hydrogens is 265 g/mol. The van der Waals surface area contributed by atoms with Crippen LogP contribution in [0.5, 0.6) is 0 Å². The van der Waals surface area contributed by atoms with E-state index >= 15 is 0 Å². The summed E-state index contributed by atoms with van der Waals surface area (Å²) < 4.78 is 41.7. The van der Waals surface area contributed by atoms with Crippen molar-refractivity contribution in [3.63, 3.8) is 0 Å². The molecule has 1 aliphatic heterocycles. The number of hydrogen-bond acceptors (Lipinski definition) is 5. The van der Waals surface area contributed by atoms with Crippen molar-refractivity contribution in [2.24, 2.45) is 0 Å². The topological polar surface area (TPSA) is 127 Å². The molecule has 0 aromatic rings. The fourth-order valence-corrected chi connectivity index (χ4v) is 2.05. The number of aliphatic hydroxyl groups is 3. The molecule has 1 heterocycles. The summed E-state index contributed by atoms with van der Waals surface area (Å²) in [6.07, 6.45) is -9.77. The molecule has 0 spiro atoms. The Morgan fingerprint density at radius 1 is 1.12 bits per heavy atom. The van der Waals surface area contributed by atoms with Crippen LogP contribution in [0.4, 0.5) is 8.78 Å². The Morgan fingerprint density at radius 3 is 2.00 bits per heavy atom. The smallest absolute Gasteiger partial charge is 0.388 e. The molecule has 5 atom stereocenters. The number of alkyl halides is 2. The van der Waals surface area contributed by atoms with Crippen LogP contribution in [-0.2, 0) is 9.30 Å². The maximum absolute atomic E-state index is 13.3. The molecule has 0 saturated carbocycles. The van der Waals surface area contributed by atoms with Crippen LogP contribution in [0.2, 0.25) is 0 Å². The zero-order chi connectivity index (χ0) is 13.6. The molecule has 1 fully saturated rings. The van der Waals surface area contributed by atoms with E-state index in [9.17, 15) is 28.7 Å². The summed E-state index contributed by atoms with van der Waals surface area (Å²) in [7, 11) is -5.86. The van der Waals surface area contributed by atoms with Gasteiger partial charge in [0.25, 0.3) is 0 Å². The molecule has 1 aliphatic rings. The summed E-state index contributed by atoms with van der Waals surface area (Å²) in [5.41, 5.74) is -4.65. The zero-order valence-electron chi connectivity index (χ0n) is 8.64. The third kappa shape index (κ3) is 2.50. The molecule has 5 N–H and O–H groups in total. The monoisotopic (exact) mass is 278 g/mol. The molecule has 0 aliphatic carbocycles. The van der Waals surface area contributed by atoms with Crippen LogP contribution in [0.25, 0.3) is 0 Å². The van der Waals surface area contributed by atoms with Gasteiger partial charge in [-0.3, -0.25) is 4.57 Å². The SMILES string of the molecule is C[C@@H]1O[C@H](C(F)(F)P(=O)(O)O)[C@H](O)[C@H](O)[C@H]1O. The quantitative estimate of drug-likeness (QED) is 0.394. The van der Waals surface area contributed by atoms with E-state index in [1.807, 2.05) is 0 Å². The second-order valence-electron chi connectivity index (χ2n) is 3.87. The van der Waals surface area contributed by atoms with Crippen molar-refractivity contribution in [2.45, 2.75) is 43.1 Å². The Balaban J connectivity index is 3.03. The van der Waals surface area contributed by atoms with E-state index in [4.69, 9.17) is 9.79 Å². The summed E-state index contributed by atoms with van der Waals surface area (Å²) >= 11 is 0. The Hall–Kier alpha value is -0.150. The minimum absolute atomic E-state index is 1.13. The van der Waals surface area contributed by atoms with E-state index in [2.05, 4.69) is 4.74 Å². The maximum Gasteiger partial charge on any atom is 0.397 e. The fraction of sp³-hybridized carbons (Fsp3) is 1.00. The second kappa shape index (κ2) is 4.51. The van der Waals surface area contributed by atoms with Crippen molar-refractivity contribution in [2.75, 3.05) is 0 Å². The van der Waals surface area contributed by atoms with Gasteiger partial charge in [-0.2, -0.15) is 8.78 Å². The lowest BCUT2D eigenvalue weighted by Crippen LogP contribution is -2.61. The highest BCUT2D eigenvalue weighted by Gasteiger charge is 2.62. The first-order valence-electron chi connectivity index (χ1n) is 4.63. The molecule has 102 valence electrons. The van der Waals surface area contributed by atoms with Crippen molar-refractivity contribution in [3.05, 3.63) is 0 Å². The van der Waals surface area contributed by atoms with Gasteiger partial charge in [-0.05, 0) is 6.92 Å². The van der Waals surface area contributed by atoms with Crippen molar-refractivity contribution in [1.82, 2.24) is 0 Å². The molecule has 1 saturated heterocycles. The Morgan fingerprint density at radius 2 is 1.59 bits per heavy atom. The summed E-state index contributed by atoms with van der Waals surface area (Å²) in [4.78, 5) is 17.0. The van der Waals surface area contributed by atoms with Gasteiger partial charge in [0, 0.05) is 0 Å². The summed E-state index contributed by atoms with van der Waals surface area (Å²) in [5, 5.41) is 27.7. The molecule has 0 aromatic heterocycles. The van der Waals surface area contributed by atoms with Crippen molar-refractivity contribution >= 4 is 7.60 Å². The third-order valence-electron chi connectivity index (χ3n) is 2.58. The Kier molecular flexibility index (Phi) is 3.95. The minimum Gasteiger partial charge on any atom is -0.388 e. The van der Waals surface area contributed by atoms with E-state index in [1.54, 1.807) is 0 Å². The van der Waals surface area contributed by atoms with E-state index < -0.39 is 43.8 Å². The average molecular weight is 278 g/mol. The summed E-state index contributed by atoms with van der Waals surface area (Å²) in [6.45, 7) is 1.13. The van der Waals surface area contributed by atoms with Gasteiger partial charge in [-0.1, -0.05) is 0 Å². The van der Waals surface area contributed by atoms with Crippen LogP contribution >= 0.6 is 7.60 Å². The lowest BCUT2D eigenvalue weighted by atomic mass is 9.96. The van der Waals surface area contributed by atoms with Crippen LogP contribution in [0.3, 0.4) is 0 Å². The fourth-order valence-electron chi connectivity index (χ4n) is 1.50. The molecular formula is C7H13F2O7P. The van der Waals surface area contributed by atoms with Crippen LogP contribution in [0.15, 0.2) is 0 Å². The number of hydrogen-bond donors (Lipinski definition) is 5. The largest absolute Gasteiger partial charge is 0.397 e.